The molecule has 0 aromatic rings. The van der Waals surface area contributed by atoms with Crippen molar-refractivity contribution in [2.45, 2.75) is 51.7 Å². The summed E-state index contributed by atoms with van der Waals surface area (Å²) in [6.07, 6.45) is -3.25. The van der Waals surface area contributed by atoms with Gasteiger partial charge in [0.1, 0.15) is 0 Å². The van der Waals surface area contributed by atoms with Crippen LogP contribution >= 0.6 is 0 Å². The van der Waals surface area contributed by atoms with E-state index in [1.54, 1.807) is 13.8 Å². The highest BCUT2D eigenvalue weighted by Gasteiger charge is 2.44. The molecule has 1 rings (SSSR count). The highest BCUT2D eigenvalue weighted by atomic mass is 19.4. The molecular weight excluding hydrogens is 259 g/mol. The molecule has 6 heteroatoms. The Morgan fingerprint density at radius 3 is 2.47 bits per heavy atom. The van der Waals surface area contributed by atoms with Gasteiger partial charge >= 0.3 is 6.18 Å². The highest BCUT2D eigenvalue weighted by molar-refractivity contribution is 5.79. The predicted octanol–water partition coefficient (Wildman–Crippen LogP) is 2.58. The summed E-state index contributed by atoms with van der Waals surface area (Å²) in [6.45, 7) is 3.62. The number of hydrogen-bond acceptors (Lipinski definition) is 2. The number of carbonyl (C=O) groups is 1. The zero-order valence-electron chi connectivity index (χ0n) is 11.4. The fourth-order valence-electron chi connectivity index (χ4n) is 2.68. The van der Waals surface area contributed by atoms with Gasteiger partial charge in [-0.3, -0.25) is 4.79 Å². The summed E-state index contributed by atoms with van der Waals surface area (Å²) in [7, 11) is 0. The first kappa shape index (κ1) is 16.3. The number of hydrogen-bond donors (Lipinski definition) is 1. The Labute approximate surface area is 111 Å². The highest BCUT2D eigenvalue weighted by Crippen LogP contribution is 2.40. The maximum Gasteiger partial charge on any atom is 0.391 e. The molecule has 1 saturated carbocycles. The van der Waals surface area contributed by atoms with Gasteiger partial charge in [0.2, 0.25) is 5.91 Å². The normalized spacial score (nSPS) is 24.6. The van der Waals surface area contributed by atoms with Crippen molar-refractivity contribution >= 4 is 5.91 Å². The monoisotopic (exact) mass is 281 g/mol. The molecular formula is C13H22F3NO2. The first-order valence-electron chi connectivity index (χ1n) is 6.75. The van der Waals surface area contributed by atoms with Crippen LogP contribution in [0.2, 0.25) is 0 Å². The van der Waals surface area contributed by atoms with Crippen molar-refractivity contribution in [3.63, 3.8) is 0 Å². The average molecular weight is 281 g/mol. The van der Waals surface area contributed by atoms with E-state index in [0.29, 0.717) is 12.8 Å². The second-order valence-corrected chi connectivity index (χ2v) is 5.45. The second-order valence-electron chi connectivity index (χ2n) is 5.45. The lowest BCUT2D eigenvalue weighted by Gasteiger charge is -2.35. The first-order valence-corrected chi connectivity index (χ1v) is 6.75. The Bertz CT molecular complexity index is 305. The van der Waals surface area contributed by atoms with Gasteiger partial charge in [-0.25, -0.2) is 0 Å². The summed E-state index contributed by atoms with van der Waals surface area (Å²) in [5.41, 5.74) is 0. The van der Waals surface area contributed by atoms with Crippen molar-refractivity contribution in [3.05, 3.63) is 0 Å². The molecule has 2 atom stereocenters. The van der Waals surface area contributed by atoms with E-state index in [1.165, 1.54) is 4.90 Å². The summed E-state index contributed by atoms with van der Waals surface area (Å²) in [6, 6.07) is -0.106. The molecule has 0 bridgehead atoms. The molecule has 112 valence electrons. The fourth-order valence-corrected chi connectivity index (χ4v) is 2.68. The minimum Gasteiger partial charge on any atom is -0.395 e. The summed E-state index contributed by atoms with van der Waals surface area (Å²) in [4.78, 5) is 13.7. The Balaban J connectivity index is 2.70. The van der Waals surface area contributed by atoms with E-state index in [-0.39, 0.29) is 37.9 Å². The van der Waals surface area contributed by atoms with Gasteiger partial charge < -0.3 is 10.0 Å². The van der Waals surface area contributed by atoms with E-state index in [0.717, 1.165) is 0 Å². The zero-order chi connectivity index (χ0) is 14.6. The van der Waals surface area contributed by atoms with Gasteiger partial charge in [-0.05, 0) is 33.1 Å². The molecule has 0 aliphatic heterocycles. The lowest BCUT2D eigenvalue weighted by atomic mass is 9.80. The molecule has 0 heterocycles. The molecule has 0 spiro atoms. The van der Waals surface area contributed by atoms with Crippen LogP contribution in [0.4, 0.5) is 13.2 Å². The number of halogens is 3. The van der Waals surface area contributed by atoms with Crippen LogP contribution in [-0.4, -0.2) is 41.3 Å². The molecule has 1 N–H and O–H groups in total. The number of rotatable bonds is 4. The minimum atomic E-state index is -4.21. The summed E-state index contributed by atoms with van der Waals surface area (Å²) < 4.78 is 38.2. The van der Waals surface area contributed by atoms with Crippen LogP contribution in [0.25, 0.3) is 0 Å². The van der Waals surface area contributed by atoms with Crippen molar-refractivity contribution in [1.82, 2.24) is 4.90 Å². The lowest BCUT2D eigenvalue weighted by molar-refractivity contribution is -0.187. The number of aliphatic hydroxyl groups excluding tert-OH is 1. The van der Waals surface area contributed by atoms with E-state index in [9.17, 15) is 18.0 Å². The summed E-state index contributed by atoms with van der Waals surface area (Å²) >= 11 is 0. The molecule has 1 aliphatic rings. The standard InChI is InChI=1S/C13H22F3NO2/c1-9(2)17(6-7-18)12(19)10-4-3-5-11(8-10)13(14,15)16/h9-11,18H,3-8H2,1-2H3. The molecule has 19 heavy (non-hydrogen) atoms. The molecule has 0 aromatic heterocycles. The molecule has 0 saturated heterocycles. The number of alkyl halides is 3. The van der Waals surface area contributed by atoms with Crippen molar-refractivity contribution in [2.24, 2.45) is 11.8 Å². The maximum absolute atomic E-state index is 12.7. The third-order valence-corrected chi connectivity index (χ3v) is 3.73. The third kappa shape index (κ3) is 4.37. The van der Waals surface area contributed by atoms with Crippen molar-refractivity contribution in [2.75, 3.05) is 13.2 Å². The van der Waals surface area contributed by atoms with Gasteiger partial charge in [-0.2, -0.15) is 13.2 Å². The Hall–Kier alpha value is -0.780. The van der Waals surface area contributed by atoms with Gasteiger partial charge in [0, 0.05) is 18.5 Å². The van der Waals surface area contributed by atoms with Gasteiger partial charge in [-0.1, -0.05) is 6.42 Å². The van der Waals surface area contributed by atoms with Crippen LogP contribution in [0.15, 0.2) is 0 Å². The molecule has 1 amide bonds. The van der Waals surface area contributed by atoms with E-state index >= 15 is 0 Å². The van der Waals surface area contributed by atoms with Crippen molar-refractivity contribution in [1.29, 1.82) is 0 Å². The average Bonchev–Trinajstić information content (AvgIpc) is 2.34. The molecule has 3 nitrogen and oxygen atoms in total. The van der Waals surface area contributed by atoms with E-state index in [2.05, 4.69) is 0 Å². The Morgan fingerprint density at radius 2 is 2.00 bits per heavy atom. The smallest absolute Gasteiger partial charge is 0.391 e. The third-order valence-electron chi connectivity index (χ3n) is 3.73. The molecule has 1 fully saturated rings. The molecule has 2 unspecified atom stereocenters. The summed E-state index contributed by atoms with van der Waals surface area (Å²) in [5.74, 6) is -2.18. The van der Waals surface area contributed by atoms with E-state index < -0.39 is 18.0 Å². The van der Waals surface area contributed by atoms with Gasteiger partial charge in [0.25, 0.3) is 0 Å². The van der Waals surface area contributed by atoms with Crippen LogP contribution in [0.1, 0.15) is 39.5 Å². The molecule has 0 radical (unpaired) electrons. The largest absolute Gasteiger partial charge is 0.395 e. The number of aliphatic hydroxyl groups is 1. The van der Waals surface area contributed by atoms with Crippen LogP contribution in [-0.2, 0) is 4.79 Å². The van der Waals surface area contributed by atoms with E-state index in [4.69, 9.17) is 5.11 Å². The first-order chi connectivity index (χ1) is 8.77. The van der Waals surface area contributed by atoms with Gasteiger partial charge in [-0.15, -0.1) is 0 Å². The molecule has 0 aromatic carbocycles. The maximum atomic E-state index is 12.7. The molecule has 1 aliphatic carbocycles. The van der Waals surface area contributed by atoms with Gasteiger partial charge in [0.05, 0.1) is 12.5 Å². The lowest BCUT2D eigenvalue weighted by Crippen LogP contribution is -2.44. The number of nitrogens with zero attached hydrogens (tertiary/aromatic N) is 1. The SMILES string of the molecule is CC(C)N(CCO)C(=O)C1CCCC(C(F)(F)F)C1. The van der Waals surface area contributed by atoms with Crippen molar-refractivity contribution in [3.8, 4) is 0 Å². The van der Waals surface area contributed by atoms with E-state index in [1.807, 2.05) is 0 Å². The topological polar surface area (TPSA) is 40.5 Å². The van der Waals surface area contributed by atoms with Crippen LogP contribution in [0.5, 0.6) is 0 Å². The Morgan fingerprint density at radius 1 is 1.37 bits per heavy atom. The minimum absolute atomic E-state index is 0.106. The fraction of sp³-hybridized carbons (Fsp3) is 0.923. The van der Waals surface area contributed by atoms with Crippen LogP contribution in [0.3, 0.4) is 0 Å². The van der Waals surface area contributed by atoms with Crippen LogP contribution in [0, 0.1) is 11.8 Å². The zero-order valence-corrected chi connectivity index (χ0v) is 11.4. The number of carbonyl (C=O) groups excluding carboxylic acids is 1. The Kier molecular flexibility index (Phi) is 5.64. The summed E-state index contributed by atoms with van der Waals surface area (Å²) in [5, 5.41) is 8.94. The second kappa shape index (κ2) is 6.59. The van der Waals surface area contributed by atoms with Gasteiger partial charge in [0.15, 0.2) is 0 Å². The predicted molar refractivity (Wildman–Crippen MR) is 65.4 cm³/mol. The van der Waals surface area contributed by atoms with Crippen molar-refractivity contribution < 1.29 is 23.1 Å². The quantitative estimate of drug-likeness (QED) is 0.860. The van der Waals surface area contributed by atoms with Crippen LogP contribution < -0.4 is 0 Å². The number of amides is 1.